The van der Waals surface area contributed by atoms with Gasteiger partial charge < -0.3 is 25.2 Å². The summed E-state index contributed by atoms with van der Waals surface area (Å²) in [7, 11) is 1.30. The van der Waals surface area contributed by atoms with E-state index in [9.17, 15) is 19.5 Å². The molecule has 4 N–H and O–H groups in total. The van der Waals surface area contributed by atoms with Gasteiger partial charge in [-0.1, -0.05) is 30.3 Å². The van der Waals surface area contributed by atoms with Crippen LogP contribution in [0.15, 0.2) is 64.2 Å². The third kappa shape index (κ3) is 5.84. The first-order valence-electron chi connectivity index (χ1n) is 10.7. The van der Waals surface area contributed by atoms with Crippen LogP contribution in [-0.4, -0.2) is 53.5 Å². The van der Waals surface area contributed by atoms with E-state index in [4.69, 9.17) is 10.5 Å². The Kier molecular flexibility index (Phi) is 8.10. The summed E-state index contributed by atoms with van der Waals surface area (Å²) in [5, 5.41) is 10.5. The summed E-state index contributed by atoms with van der Waals surface area (Å²) in [6, 6.07) is 15.6. The Bertz CT molecular complexity index is 1220. The van der Waals surface area contributed by atoms with Gasteiger partial charge >= 0.3 is 11.7 Å². The molecule has 10 heteroatoms. The number of hydrogen-bond donors (Lipinski definition) is 3. The van der Waals surface area contributed by atoms with Gasteiger partial charge in [-0.15, -0.1) is 0 Å². The predicted molar refractivity (Wildman–Crippen MR) is 128 cm³/mol. The van der Waals surface area contributed by atoms with Crippen molar-refractivity contribution in [3.05, 3.63) is 86.6 Å². The van der Waals surface area contributed by atoms with E-state index in [0.29, 0.717) is 17.9 Å². The molecular formula is C24H28N4O6. The number of nitrogen functional groups attached to an aromatic ring is 1. The Morgan fingerprint density at radius 1 is 1.15 bits per heavy atom. The van der Waals surface area contributed by atoms with Gasteiger partial charge in [-0.3, -0.25) is 14.3 Å². The predicted octanol–water partition coefficient (Wildman–Crippen LogP) is 1.22. The number of aliphatic hydroxyl groups excluding tert-OH is 1. The number of nitrogens with one attached hydrogen (secondary N) is 1. The molecule has 0 radical (unpaired) electrons. The SMILES string of the molecule is CCN(CC(O)COc1ccc(C(=O)OC)cc1)c1c(N)n(Cc2ccccc2)c(=O)[nH]c1=O. The fourth-order valence-electron chi connectivity index (χ4n) is 3.49. The molecule has 1 heterocycles. The summed E-state index contributed by atoms with van der Waals surface area (Å²) >= 11 is 0. The fourth-order valence-corrected chi connectivity index (χ4v) is 3.49. The van der Waals surface area contributed by atoms with Crippen molar-refractivity contribution in [3.63, 3.8) is 0 Å². The number of hydrogen-bond acceptors (Lipinski definition) is 8. The van der Waals surface area contributed by atoms with Gasteiger partial charge in [0.15, 0.2) is 0 Å². The Morgan fingerprint density at radius 3 is 2.44 bits per heavy atom. The molecule has 0 aliphatic heterocycles. The van der Waals surface area contributed by atoms with Crippen LogP contribution in [-0.2, 0) is 11.3 Å². The number of rotatable bonds is 10. The smallest absolute Gasteiger partial charge is 0.337 e. The molecule has 1 aromatic heterocycles. The zero-order chi connectivity index (χ0) is 24.7. The van der Waals surface area contributed by atoms with Crippen molar-refractivity contribution >= 4 is 17.5 Å². The molecule has 3 aromatic rings. The number of likely N-dealkylation sites (N-methyl/N-ethyl adjacent to an activating group) is 1. The van der Waals surface area contributed by atoms with Gasteiger partial charge in [-0.05, 0) is 36.8 Å². The Hall–Kier alpha value is -4.05. The van der Waals surface area contributed by atoms with Crippen LogP contribution >= 0.6 is 0 Å². The molecule has 0 aliphatic rings. The average Bonchev–Trinajstić information content (AvgIpc) is 2.85. The molecule has 34 heavy (non-hydrogen) atoms. The summed E-state index contributed by atoms with van der Waals surface area (Å²) in [5.74, 6) is 0.0241. The second-order valence-corrected chi connectivity index (χ2v) is 7.58. The second kappa shape index (κ2) is 11.2. The van der Waals surface area contributed by atoms with E-state index in [1.807, 2.05) is 37.3 Å². The second-order valence-electron chi connectivity index (χ2n) is 7.58. The third-order valence-corrected chi connectivity index (χ3v) is 5.24. The number of methoxy groups -OCH3 is 1. The van der Waals surface area contributed by atoms with E-state index < -0.39 is 23.3 Å². The van der Waals surface area contributed by atoms with E-state index in [-0.39, 0.29) is 31.2 Å². The van der Waals surface area contributed by atoms with Gasteiger partial charge in [-0.2, -0.15) is 0 Å². The zero-order valence-corrected chi connectivity index (χ0v) is 19.1. The van der Waals surface area contributed by atoms with Crippen LogP contribution in [0.4, 0.5) is 11.5 Å². The molecule has 10 nitrogen and oxygen atoms in total. The van der Waals surface area contributed by atoms with Gasteiger partial charge in [0.05, 0.1) is 19.2 Å². The molecule has 1 atom stereocenters. The van der Waals surface area contributed by atoms with Crippen molar-refractivity contribution in [3.8, 4) is 5.75 Å². The van der Waals surface area contributed by atoms with Crippen LogP contribution in [0.25, 0.3) is 0 Å². The van der Waals surface area contributed by atoms with E-state index in [1.165, 1.54) is 11.7 Å². The summed E-state index contributed by atoms with van der Waals surface area (Å²) in [6.07, 6.45) is -0.964. The fraction of sp³-hybridized carbons (Fsp3) is 0.292. The Labute approximate surface area is 196 Å². The van der Waals surface area contributed by atoms with Crippen LogP contribution in [0.3, 0.4) is 0 Å². The number of anilines is 2. The lowest BCUT2D eigenvalue weighted by Gasteiger charge is -2.27. The van der Waals surface area contributed by atoms with Crippen LogP contribution in [0.2, 0.25) is 0 Å². The highest BCUT2D eigenvalue weighted by molar-refractivity contribution is 5.89. The molecule has 0 aliphatic carbocycles. The third-order valence-electron chi connectivity index (χ3n) is 5.24. The molecule has 0 fully saturated rings. The average molecular weight is 469 g/mol. The molecule has 1 unspecified atom stereocenters. The molecular weight excluding hydrogens is 440 g/mol. The zero-order valence-electron chi connectivity index (χ0n) is 19.1. The first-order valence-corrected chi connectivity index (χ1v) is 10.7. The van der Waals surface area contributed by atoms with Gasteiger partial charge in [0.25, 0.3) is 5.56 Å². The summed E-state index contributed by atoms with van der Waals surface area (Å²) in [4.78, 5) is 40.4. The molecule has 0 spiro atoms. The lowest BCUT2D eigenvalue weighted by molar-refractivity contribution is 0.0600. The van der Waals surface area contributed by atoms with Crippen LogP contribution < -0.4 is 26.6 Å². The minimum absolute atomic E-state index is 0.0194. The molecule has 0 amide bonds. The number of carbonyl (C=O) groups excluding carboxylic acids is 1. The van der Waals surface area contributed by atoms with Crippen molar-refractivity contribution in [2.24, 2.45) is 0 Å². The highest BCUT2D eigenvalue weighted by atomic mass is 16.5. The lowest BCUT2D eigenvalue weighted by atomic mass is 10.2. The summed E-state index contributed by atoms with van der Waals surface area (Å²) in [6.45, 7) is 2.36. The number of aromatic nitrogens is 2. The van der Waals surface area contributed by atoms with Crippen molar-refractivity contribution in [2.45, 2.75) is 19.6 Å². The molecule has 0 saturated carbocycles. The van der Waals surface area contributed by atoms with Crippen LogP contribution in [0.1, 0.15) is 22.8 Å². The number of aliphatic hydroxyl groups is 1. The van der Waals surface area contributed by atoms with Crippen LogP contribution in [0.5, 0.6) is 5.75 Å². The number of aromatic amines is 1. The van der Waals surface area contributed by atoms with Gasteiger partial charge in [-0.25, -0.2) is 9.59 Å². The number of carbonyl (C=O) groups is 1. The summed E-state index contributed by atoms with van der Waals surface area (Å²) < 4.78 is 11.5. The number of benzene rings is 2. The topological polar surface area (TPSA) is 140 Å². The first kappa shape index (κ1) is 24.6. The number of nitrogens with two attached hydrogens (primary N) is 1. The number of nitrogens with zero attached hydrogens (tertiary/aromatic N) is 2. The van der Waals surface area contributed by atoms with Crippen molar-refractivity contribution < 1.29 is 19.4 Å². The van der Waals surface area contributed by atoms with Crippen molar-refractivity contribution in [2.75, 3.05) is 37.4 Å². The Balaban J connectivity index is 1.73. The van der Waals surface area contributed by atoms with Gasteiger partial charge in [0, 0.05) is 13.1 Å². The molecule has 180 valence electrons. The van der Waals surface area contributed by atoms with Crippen molar-refractivity contribution in [1.82, 2.24) is 9.55 Å². The first-order chi connectivity index (χ1) is 16.3. The normalized spacial score (nSPS) is 11.6. The number of ether oxygens (including phenoxy) is 2. The molecule has 2 aromatic carbocycles. The minimum atomic E-state index is -0.964. The summed E-state index contributed by atoms with van der Waals surface area (Å²) in [5.41, 5.74) is 6.36. The molecule has 3 rings (SSSR count). The quantitative estimate of drug-likeness (QED) is 0.377. The van der Waals surface area contributed by atoms with E-state index >= 15 is 0 Å². The highest BCUT2D eigenvalue weighted by Gasteiger charge is 2.21. The van der Waals surface area contributed by atoms with Gasteiger partial charge in [0.2, 0.25) is 0 Å². The molecule has 0 saturated heterocycles. The minimum Gasteiger partial charge on any atom is -0.491 e. The van der Waals surface area contributed by atoms with E-state index in [1.54, 1.807) is 29.2 Å². The molecule has 0 bridgehead atoms. The standard InChI is InChI=1S/C24H28N4O6/c1-3-27(14-18(29)15-34-19-11-9-17(10-12-19)23(31)33-2)20-21(25)28(24(32)26-22(20)30)13-16-7-5-4-6-8-16/h4-12,18,29H,3,13-15,25H2,1-2H3,(H,26,30,32). The van der Waals surface area contributed by atoms with Crippen LogP contribution in [0, 0.1) is 0 Å². The maximum atomic E-state index is 12.6. The van der Waals surface area contributed by atoms with Crippen molar-refractivity contribution in [1.29, 1.82) is 0 Å². The largest absolute Gasteiger partial charge is 0.491 e. The highest BCUT2D eigenvalue weighted by Crippen LogP contribution is 2.18. The van der Waals surface area contributed by atoms with Gasteiger partial charge in [0.1, 0.15) is 30.0 Å². The monoisotopic (exact) mass is 468 g/mol. The van der Waals surface area contributed by atoms with E-state index in [2.05, 4.69) is 9.72 Å². The number of esters is 1. The van der Waals surface area contributed by atoms with E-state index in [0.717, 1.165) is 5.56 Å². The Morgan fingerprint density at radius 2 is 1.82 bits per heavy atom. The number of H-pyrrole nitrogens is 1. The lowest BCUT2D eigenvalue weighted by Crippen LogP contribution is -2.42. The maximum Gasteiger partial charge on any atom is 0.337 e. The maximum absolute atomic E-state index is 12.6.